The maximum Gasteiger partial charge on any atom is 0.415 e. The summed E-state index contributed by atoms with van der Waals surface area (Å²) < 4.78 is 10.5. The second-order valence-electron chi connectivity index (χ2n) is 7.09. The average molecular weight is 416 g/mol. The molecule has 30 heavy (non-hydrogen) atoms. The van der Waals surface area contributed by atoms with Crippen molar-refractivity contribution in [2.24, 2.45) is 4.99 Å². The van der Waals surface area contributed by atoms with Crippen LogP contribution < -0.4 is 15.4 Å². The van der Waals surface area contributed by atoms with E-state index in [1.54, 1.807) is 39.1 Å². The molecule has 0 atom stereocenters. The van der Waals surface area contributed by atoms with Crippen molar-refractivity contribution in [1.82, 2.24) is 15.2 Å². The number of anilines is 1. The van der Waals surface area contributed by atoms with Gasteiger partial charge in [-0.05, 0) is 32.9 Å². The number of pyridine rings is 1. The maximum atomic E-state index is 12.5. The summed E-state index contributed by atoms with van der Waals surface area (Å²) in [5.41, 5.74) is -0.642. The zero-order chi connectivity index (χ0) is 22.5. The Hall–Kier alpha value is -3.89. The van der Waals surface area contributed by atoms with E-state index in [0.717, 1.165) is 0 Å². The molecule has 4 N–H and O–H groups in total. The van der Waals surface area contributed by atoms with Gasteiger partial charge < -0.3 is 30.6 Å². The summed E-state index contributed by atoms with van der Waals surface area (Å²) in [5.74, 6) is -0.794. The number of hydrogen-bond donors (Lipinski definition) is 4. The molecule has 1 amide bonds. The third-order valence-electron chi connectivity index (χ3n) is 3.64. The number of carboxylic acids is 1. The first-order chi connectivity index (χ1) is 14.1. The minimum absolute atomic E-state index is 0.129. The van der Waals surface area contributed by atoms with Crippen LogP contribution in [0.5, 0.6) is 5.88 Å². The number of aliphatic carboxylic acids is 1. The van der Waals surface area contributed by atoms with E-state index in [4.69, 9.17) is 14.9 Å². The van der Waals surface area contributed by atoms with Gasteiger partial charge >= 0.3 is 12.1 Å². The van der Waals surface area contributed by atoms with Gasteiger partial charge in [0.2, 0.25) is 5.88 Å². The third kappa shape index (κ3) is 5.56. The highest BCUT2D eigenvalue weighted by Gasteiger charge is 2.26. The Labute approximate surface area is 173 Å². The van der Waals surface area contributed by atoms with Crippen LogP contribution in [0.3, 0.4) is 0 Å². The summed E-state index contributed by atoms with van der Waals surface area (Å²) >= 11 is 0. The quantitative estimate of drug-likeness (QED) is 0.421. The van der Waals surface area contributed by atoms with Crippen molar-refractivity contribution in [3.63, 3.8) is 0 Å². The Morgan fingerprint density at radius 2 is 2.07 bits per heavy atom. The van der Waals surface area contributed by atoms with Gasteiger partial charge in [0, 0.05) is 25.5 Å². The van der Waals surface area contributed by atoms with Gasteiger partial charge in [0.25, 0.3) is 0 Å². The fourth-order valence-electron chi connectivity index (χ4n) is 2.29. The SMILES string of the molecule is COc1ncccc1NC1=N/C(=C(/C=N)C(=O)O)NC(N(C)C(=O)OC(C)(C)C)=C1. The minimum Gasteiger partial charge on any atom is -0.480 e. The number of rotatable bonds is 5. The van der Waals surface area contributed by atoms with Gasteiger partial charge in [0.15, 0.2) is 0 Å². The van der Waals surface area contributed by atoms with Crippen LogP contribution in [0.25, 0.3) is 0 Å². The predicted octanol–water partition coefficient (Wildman–Crippen LogP) is 2.16. The molecule has 1 aromatic heterocycles. The van der Waals surface area contributed by atoms with Crippen molar-refractivity contribution in [1.29, 1.82) is 5.41 Å². The molecule has 11 heteroatoms. The lowest BCUT2D eigenvalue weighted by atomic mass is 10.2. The highest BCUT2D eigenvalue weighted by Crippen LogP contribution is 2.22. The van der Waals surface area contributed by atoms with Crippen molar-refractivity contribution < 1.29 is 24.2 Å². The molecule has 1 aromatic rings. The molecular formula is C19H24N6O5. The van der Waals surface area contributed by atoms with Crippen molar-refractivity contribution >= 4 is 29.8 Å². The first kappa shape index (κ1) is 22.4. The van der Waals surface area contributed by atoms with E-state index in [1.807, 2.05) is 0 Å². The average Bonchev–Trinajstić information content (AvgIpc) is 2.66. The molecule has 0 fully saturated rings. The van der Waals surface area contributed by atoms with Gasteiger partial charge in [-0.15, -0.1) is 0 Å². The molecule has 0 bridgehead atoms. The maximum absolute atomic E-state index is 12.5. The first-order valence-corrected chi connectivity index (χ1v) is 8.84. The molecule has 0 radical (unpaired) electrons. The normalized spacial score (nSPS) is 15.1. The van der Waals surface area contributed by atoms with Crippen molar-refractivity contribution in [2.75, 3.05) is 19.5 Å². The number of aromatic nitrogens is 1. The van der Waals surface area contributed by atoms with Crippen LogP contribution in [-0.4, -0.2) is 58.9 Å². The van der Waals surface area contributed by atoms with Crippen LogP contribution in [0.4, 0.5) is 10.5 Å². The summed E-state index contributed by atoms with van der Waals surface area (Å²) in [6.45, 7) is 5.19. The summed E-state index contributed by atoms with van der Waals surface area (Å²) in [4.78, 5) is 33.4. The van der Waals surface area contributed by atoms with E-state index in [2.05, 4.69) is 20.6 Å². The van der Waals surface area contributed by atoms with Crippen LogP contribution in [-0.2, 0) is 9.53 Å². The Morgan fingerprint density at radius 1 is 1.37 bits per heavy atom. The number of nitrogens with one attached hydrogen (secondary N) is 3. The zero-order valence-corrected chi connectivity index (χ0v) is 17.3. The monoisotopic (exact) mass is 416 g/mol. The van der Waals surface area contributed by atoms with Crippen molar-refractivity contribution in [2.45, 2.75) is 26.4 Å². The van der Waals surface area contributed by atoms with E-state index in [9.17, 15) is 14.7 Å². The molecule has 1 aliphatic heterocycles. The van der Waals surface area contributed by atoms with Crippen LogP contribution in [0.15, 0.2) is 46.6 Å². The first-order valence-electron chi connectivity index (χ1n) is 8.84. The molecule has 1 aliphatic rings. The second kappa shape index (κ2) is 9.07. The van der Waals surface area contributed by atoms with Crippen LogP contribution in [0.2, 0.25) is 0 Å². The van der Waals surface area contributed by atoms with Gasteiger partial charge in [0.05, 0.1) is 7.11 Å². The molecule has 0 spiro atoms. The van der Waals surface area contributed by atoms with Crippen LogP contribution >= 0.6 is 0 Å². The number of ether oxygens (including phenoxy) is 2. The van der Waals surface area contributed by atoms with E-state index in [-0.39, 0.29) is 17.5 Å². The van der Waals surface area contributed by atoms with Gasteiger partial charge in [-0.25, -0.2) is 19.6 Å². The van der Waals surface area contributed by atoms with Gasteiger partial charge in [-0.2, -0.15) is 0 Å². The molecular weight excluding hydrogens is 392 g/mol. The Morgan fingerprint density at radius 3 is 2.63 bits per heavy atom. The smallest absolute Gasteiger partial charge is 0.415 e. The number of nitrogens with zero attached hydrogens (tertiary/aromatic N) is 3. The lowest BCUT2D eigenvalue weighted by Crippen LogP contribution is -2.40. The molecule has 0 unspecified atom stereocenters. The highest BCUT2D eigenvalue weighted by atomic mass is 16.6. The number of carboxylic acid groups (broad SMARTS) is 1. The summed E-state index contributed by atoms with van der Waals surface area (Å²) in [6, 6.07) is 3.38. The van der Waals surface area contributed by atoms with Crippen LogP contribution in [0.1, 0.15) is 20.8 Å². The summed E-state index contributed by atoms with van der Waals surface area (Å²) in [7, 11) is 2.92. The number of hydrogen-bond acceptors (Lipinski definition) is 9. The second-order valence-corrected chi connectivity index (χ2v) is 7.09. The van der Waals surface area contributed by atoms with Gasteiger partial charge in [-0.1, -0.05) is 0 Å². The molecule has 0 aromatic carbocycles. The predicted molar refractivity (Wildman–Crippen MR) is 111 cm³/mol. The molecule has 0 saturated carbocycles. The molecule has 0 aliphatic carbocycles. The largest absolute Gasteiger partial charge is 0.480 e. The molecule has 11 nitrogen and oxygen atoms in total. The fraction of sp³-hybridized carbons (Fsp3) is 0.316. The van der Waals surface area contributed by atoms with Crippen molar-refractivity contribution in [3.05, 3.63) is 41.6 Å². The Bertz CT molecular complexity index is 945. The number of methoxy groups -OCH3 is 1. The standard InChI is InChI=1S/C19H24N6O5/c1-19(2,3)30-18(28)25(4)14-9-13(22-12-7-6-8-21-16(12)29-5)23-15(24-14)11(10-20)17(26)27/h6-10,20,24H,1-5H3,(H,22,23)(H,26,27)/b15-11+,20-10?. The number of carbonyl (C=O) groups excluding carboxylic acids is 1. The van der Waals surface area contributed by atoms with Gasteiger partial charge in [-0.3, -0.25) is 4.90 Å². The zero-order valence-electron chi connectivity index (χ0n) is 17.3. The summed E-state index contributed by atoms with van der Waals surface area (Å²) in [6.07, 6.45) is 3.04. The van der Waals surface area contributed by atoms with E-state index >= 15 is 0 Å². The molecule has 160 valence electrons. The number of aliphatic imine (C=N–C) groups is 1. The summed E-state index contributed by atoms with van der Waals surface area (Å²) in [5, 5.41) is 22.5. The van der Waals surface area contributed by atoms with E-state index in [1.165, 1.54) is 25.1 Å². The third-order valence-corrected chi connectivity index (χ3v) is 3.64. The Balaban J connectivity index is 2.47. The Kier molecular flexibility index (Phi) is 6.77. The van der Waals surface area contributed by atoms with Gasteiger partial charge in [0.1, 0.15) is 34.3 Å². The fourth-order valence-corrected chi connectivity index (χ4v) is 2.29. The van der Waals surface area contributed by atoms with Crippen molar-refractivity contribution in [3.8, 4) is 5.88 Å². The lowest BCUT2D eigenvalue weighted by molar-refractivity contribution is -0.132. The molecule has 2 heterocycles. The number of amides is 1. The topological polar surface area (TPSA) is 149 Å². The van der Waals surface area contributed by atoms with E-state index < -0.39 is 23.2 Å². The lowest BCUT2D eigenvalue weighted by Gasteiger charge is -2.28. The molecule has 2 rings (SSSR count). The minimum atomic E-state index is -1.35. The number of carbonyl (C=O) groups is 2. The van der Waals surface area contributed by atoms with Crippen LogP contribution in [0, 0.1) is 5.41 Å². The highest BCUT2D eigenvalue weighted by molar-refractivity contribution is 6.10. The van der Waals surface area contributed by atoms with E-state index in [0.29, 0.717) is 17.8 Å². The number of amidine groups is 1. The molecule has 0 saturated heterocycles.